The molecule has 1 atom stereocenters. The second kappa shape index (κ2) is 5.34. The monoisotopic (exact) mass is 291 g/mol. The fourth-order valence-electron chi connectivity index (χ4n) is 1.79. The highest BCUT2D eigenvalue weighted by Crippen LogP contribution is 2.21. The number of nitrogens with two attached hydrogens (primary N) is 1. The van der Waals surface area contributed by atoms with E-state index in [1.807, 2.05) is 36.4 Å². The van der Waals surface area contributed by atoms with Gasteiger partial charge < -0.3 is 10.8 Å². The van der Waals surface area contributed by atoms with Crippen LogP contribution < -0.4 is 5.73 Å². The standard InChI is InChI=1S/C14H14BrNO/c15-12-5-2-4-11(9-12)14(16)8-10-3-1-6-13(17)7-10/h1-7,9,14,17H,8,16H2. The summed E-state index contributed by atoms with van der Waals surface area (Å²) in [5, 5.41) is 9.39. The molecule has 17 heavy (non-hydrogen) atoms. The highest BCUT2D eigenvalue weighted by Gasteiger charge is 2.07. The third kappa shape index (κ3) is 3.32. The van der Waals surface area contributed by atoms with Crippen LogP contribution in [0.2, 0.25) is 0 Å². The van der Waals surface area contributed by atoms with Gasteiger partial charge in [-0.15, -0.1) is 0 Å². The van der Waals surface area contributed by atoms with Crippen molar-refractivity contribution in [2.24, 2.45) is 5.73 Å². The van der Waals surface area contributed by atoms with Gasteiger partial charge in [-0.3, -0.25) is 0 Å². The van der Waals surface area contributed by atoms with Crippen molar-refractivity contribution in [1.29, 1.82) is 0 Å². The lowest BCUT2D eigenvalue weighted by molar-refractivity contribution is 0.474. The molecule has 3 heteroatoms. The van der Waals surface area contributed by atoms with Gasteiger partial charge in [0.2, 0.25) is 0 Å². The number of aromatic hydroxyl groups is 1. The third-order valence-corrected chi connectivity index (χ3v) is 3.14. The van der Waals surface area contributed by atoms with Crippen LogP contribution in [-0.4, -0.2) is 5.11 Å². The van der Waals surface area contributed by atoms with Crippen molar-refractivity contribution in [1.82, 2.24) is 0 Å². The molecule has 88 valence electrons. The van der Waals surface area contributed by atoms with Gasteiger partial charge in [0.15, 0.2) is 0 Å². The molecule has 0 saturated carbocycles. The summed E-state index contributed by atoms with van der Waals surface area (Å²) in [6.45, 7) is 0. The van der Waals surface area contributed by atoms with Gasteiger partial charge in [0.1, 0.15) is 5.75 Å². The number of benzene rings is 2. The maximum Gasteiger partial charge on any atom is 0.115 e. The van der Waals surface area contributed by atoms with Gasteiger partial charge in [-0.1, -0.05) is 40.2 Å². The molecule has 0 spiro atoms. The Morgan fingerprint density at radius 1 is 1.12 bits per heavy atom. The molecule has 2 aromatic rings. The first-order valence-corrected chi connectivity index (χ1v) is 6.23. The summed E-state index contributed by atoms with van der Waals surface area (Å²) in [4.78, 5) is 0. The molecule has 1 unspecified atom stereocenters. The van der Waals surface area contributed by atoms with Gasteiger partial charge in [0.05, 0.1) is 0 Å². The number of halogens is 1. The average Bonchev–Trinajstić information content (AvgIpc) is 2.29. The van der Waals surface area contributed by atoms with Crippen LogP contribution >= 0.6 is 15.9 Å². The Hall–Kier alpha value is -1.32. The number of rotatable bonds is 3. The first-order chi connectivity index (χ1) is 8.15. The highest BCUT2D eigenvalue weighted by atomic mass is 79.9. The van der Waals surface area contributed by atoms with Crippen molar-refractivity contribution in [3.05, 3.63) is 64.1 Å². The van der Waals surface area contributed by atoms with Crippen molar-refractivity contribution in [3.8, 4) is 5.75 Å². The molecule has 0 amide bonds. The molecular formula is C14H14BrNO. The summed E-state index contributed by atoms with van der Waals surface area (Å²) < 4.78 is 1.03. The Bertz CT molecular complexity index is 513. The largest absolute Gasteiger partial charge is 0.508 e. The molecule has 0 radical (unpaired) electrons. The Kier molecular flexibility index (Phi) is 3.82. The van der Waals surface area contributed by atoms with E-state index in [9.17, 15) is 5.11 Å². The summed E-state index contributed by atoms with van der Waals surface area (Å²) in [5.41, 5.74) is 8.27. The molecule has 3 N–H and O–H groups in total. The minimum atomic E-state index is -0.0608. The molecule has 0 heterocycles. The SMILES string of the molecule is NC(Cc1cccc(O)c1)c1cccc(Br)c1. The van der Waals surface area contributed by atoms with Gasteiger partial charge in [-0.2, -0.15) is 0 Å². The van der Waals surface area contributed by atoms with Gasteiger partial charge >= 0.3 is 0 Å². The van der Waals surface area contributed by atoms with Gasteiger partial charge in [-0.25, -0.2) is 0 Å². The number of hydrogen-bond donors (Lipinski definition) is 2. The molecule has 0 aromatic heterocycles. The summed E-state index contributed by atoms with van der Waals surface area (Å²) in [6.07, 6.45) is 0.713. The highest BCUT2D eigenvalue weighted by molar-refractivity contribution is 9.10. The molecule has 2 rings (SSSR count). The molecule has 0 bridgehead atoms. The second-order valence-electron chi connectivity index (χ2n) is 4.04. The predicted molar refractivity (Wildman–Crippen MR) is 72.9 cm³/mol. The van der Waals surface area contributed by atoms with E-state index in [0.717, 1.165) is 15.6 Å². The zero-order chi connectivity index (χ0) is 12.3. The molecule has 2 nitrogen and oxygen atoms in total. The van der Waals surface area contributed by atoms with Crippen LogP contribution in [0.25, 0.3) is 0 Å². The lowest BCUT2D eigenvalue weighted by Crippen LogP contribution is -2.13. The fraction of sp³-hybridized carbons (Fsp3) is 0.143. The molecule has 0 aliphatic rings. The molecule has 0 aliphatic heterocycles. The molecule has 0 saturated heterocycles. The van der Waals surface area contributed by atoms with Crippen LogP contribution in [0.3, 0.4) is 0 Å². The maximum atomic E-state index is 9.39. The Balaban J connectivity index is 2.14. The number of hydrogen-bond acceptors (Lipinski definition) is 2. The average molecular weight is 292 g/mol. The molecule has 0 fully saturated rings. The van der Waals surface area contributed by atoms with E-state index in [0.29, 0.717) is 6.42 Å². The molecular weight excluding hydrogens is 278 g/mol. The topological polar surface area (TPSA) is 46.2 Å². The van der Waals surface area contributed by atoms with Crippen LogP contribution in [0.5, 0.6) is 5.75 Å². The number of phenolic OH excluding ortho intramolecular Hbond substituents is 1. The van der Waals surface area contributed by atoms with Gasteiger partial charge in [0.25, 0.3) is 0 Å². The molecule has 0 aliphatic carbocycles. The Morgan fingerprint density at radius 2 is 1.88 bits per heavy atom. The fourth-order valence-corrected chi connectivity index (χ4v) is 2.21. The van der Waals surface area contributed by atoms with Crippen LogP contribution in [0, 0.1) is 0 Å². The van der Waals surface area contributed by atoms with Crippen molar-refractivity contribution in [3.63, 3.8) is 0 Å². The first-order valence-electron chi connectivity index (χ1n) is 5.44. The van der Waals surface area contributed by atoms with E-state index >= 15 is 0 Å². The van der Waals surface area contributed by atoms with Crippen LogP contribution in [0.15, 0.2) is 53.0 Å². The van der Waals surface area contributed by atoms with Crippen molar-refractivity contribution in [2.75, 3.05) is 0 Å². The van der Waals surface area contributed by atoms with Gasteiger partial charge in [0, 0.05) is 10.5 Å². The summed E-state index contributed by atoms with van der Waals surface area (Å²) in [5.74, 6) is 0.281. The first kappa shape index (κ1) is 12.1. The normalized spacial score (nSPS) is 12.4. The zero-order valence-electron chi connectivity index (χ0n) is 9.31. The number of phenols is 1. The minimum Gasteiger partial charge on any atom is -0.508 e. The van der Waals surface area contributed by atoms with E-state index in [4.69, 9.17) is 5.73 Å². The van der Waals surface area contributed by atoms with E-state index < -0.39 is 0 Å². The lowest BCUT2D eigenvalue weighted by Gasteiger charge is -2.12. The van der Waals surface area contributed by atoms with E-state index in [1.165, 1.54) is 0 Å². The van der Waals surface area contributed by atoms with Gasteiger partial charge in [-0.05, 0) is 41.8 Å². The van der Waals surface area contributed by atoms with E-state index in [1.54, 1.807) is 12.1 Å². The molecule has 2 aromatic carbocycles. The minimum absolute atomic E-state index is 0.0608. The summed E-state index contributed by atoms with van der Waals surface area (Å²) in [6, 6.07) is 15.1. The third-order valence-electron chi connectivity index (χ3n) is 2.64. The summed E-state index contributed by atoms with van der Waals surface area (Å²) in [7, 11) is 0. The summed E-state index contributed by atoms with van der Waals surface area (Å²) >= 11 is 3.43. The zero-order valence-corrected chi connectivity index (χ0v) is 10.9. The van der Waals surface area contributed by atoms with Crippen molar-refractivity contribution >= 4 is 15.9 Å². The van der Waals surface area contributed by atoms with Crippen molar-refractivity contribution in [2.45, 2.75) is 12.5 Å². The Morgan fingerprint density at radius 3 is 2.59 bits per heavy atom. The smallest absolute Gasteiger partial charge is 0.115 e. The Labute approximate surface area is 109 Å². The predicted octanol–water partition coefficient (Wildman–Crippen LogP) is 3.40. The van der Waals surface area contributed by atoms with Crippen LogP contribution in [0.4, 0.5) is 0 Å². The van der Waals surface area contributed by atoms with E-state index in [2.05, 4.69) is 15.9 Å². The quantitative estimate of drug-likeness (QED) is 0.910. The van der Waals surface area contributed by atoms with Crippen LogP contribution in [0.1, 0.15) is 17.2 Å². The van der Waals surface area contributed by atoms with Crippen LogP contribution in [-0.2, 0) is 6.42 Å². The van der Waals surface area contributed by atoms with E-state index in [-0.39, 0.29) is 11.8 Å². The lowest BCUT2D eigenvalue weighted by atomic mass is 10.00. The van der Waals surface area contributed by atoms with Crippen molar-refractivity contribution < 1.29 is 5.11 Å². The second-order valence-corrected chi connectivity index (χ2v) is 4.95. The maximum absolute atomic E-state index is 9.39.